The standard InChI is InChI=1S/C23H26N2O8/c1-15(27)16-3-7-18(8-4-16)24-23(29)33-22(20(31-2)11-12-21(28)25-30)17-5-9-19(10-6-17)32-14-13-26/h3-12,20,22,26,30H,13-14H2,1-2H3,(H,24,29)(H,25,28)/b12-11+/t20-,22-/m1/s1. The summed E-state index contributed by atoms with van der Waals surface area (Å²) in [4.78, 5) is 35.4. The van der Waals surface area contributed by atoms with Gasteiger partial charge in [-0.2, -0.15) is 0 Å². The average Bonchev–Trinajstić information content (AvgIpc) is 2.82. The SMILES string of the molecule is CO[C@H](/C=C/C(=O)NO)[C@H](OC(=O)Nc1ccc(C(C)=O)cc1)c1ccc(OCCO)cc1. The van der Waals surface area contributed by atoms with Gasteiger partial charge in [0.15, 0.2) is 11.9 Å². The van der Waals surface area contributed by atoms with Crippen LogP contribution in [0.25, 0.3) is 0 Å². The fourth-order valence-electron chi connectivity index (χ4n) is 2.82. The van der Waals surface area contributed by atoms with E-state index in [2.05, 4.69) is 5.32 Å². The number of ether oxygens (including phenoxy) is 3. The second-order valence-electron chi connectivity index (χ2n) is 6.76. The number of hydrogen-bond acceptors (Lipinski definition) is 8. The van der Waals surface area contributed by atoms with E-state index in [-0.39, 0.29) is 19.0 Å². The lowest BCUT2D eigenvalue weighted by molar-refractivity contribution is -0.124. The van der Waals surface area contributed by atoms with Crippen LogP contribution < -0.4 is 15.5 Å². The van der Waals surface area contributed by atoms with Crippen LogP contribution in [0.1, 0.15) is 28.9 Å². The van der Waals surface area contributed by atoms with E-state index in [1.54, 1.807) is 48.5 Å². The first-order chi connectivity index (χ1) is 15.9. The fourth-order valence-corrected chi connectivity index (χ4v) is 2.82. The van der Waals surface area contributed by atoms with E-state index in [9.17, 15) is 14.4 Å². The Kier molecular flexibility index (Phi) is 10.0. The average molecular weight is 458 g/mol. The highest BCUT2D eigenvalue weighted by molar-refractivity contribution is 5.95. The first-order valence-electron chi connectivity index (χ1n) is 9.95. The minimum Gasteiger partial charge on any atom is -0.491 e. The van der Waals surface area contributed by atoms with Crippen LogP contribution >= 0.6 is 0 Å². The molecule has 10 nitrogen and oxygen atoms in total. The van der Waals surface area contributed by atoms with Crippen molar-refractivity contribution in [2.45, 2.75) is 19.1 Å². The fraction of sp³-hybridized carbons (Fsp3) is 0.261. The Morgan fingerprint density at radius 1 is 1.06 bits per heavy atom. The monoisotopic (exact) mass is 458 g/mol. The number of hydroxylamine groups is 1. The predicted molar refractivity (Wildman–Crippen MR) is 118 cm³/mol. The van der Waals surface area contributed by atoms with E-state index in [1.165, 1.54) is 25.6 Å². The van der Waals surface area contributed by atoms with Gasteiger partial charge in [0, 0.05) is 24.4 Å². The number of aliphatic hydroxyl groups is 1. The van der Waals surface area contributed by atoms with Gasteiger partial charge in [-0.3, -0.25) is 20.1 Å². The lowest BCUT2D eigenvalue weighted by atomic mass is 10.0. The first kappa shape index (κ1) is 25.5. The third-order valence-corrected chi connectivity index (χ3v) is 4.46. The van der Waals surface area contributed by atoms with Crippen molar-refractivity contribution in [3.8, 4) is 5.75 Å². The highest BCUT2D eigenvalue weighted by atomic mass is 16.6. The van der Waals surface area contributed by atoms with Gasteiger partial charge in [-0.1, -0.05) is 12.1 Å². The van der Waals surface area contributed by atoms with Crippen molar-refractivity contribution < 1.29 is 38.9 Å². The van der Waals surface area contributed by atoms with Crippen LogP contribution in [0.4, 0.5) is 10.5 Å². The van der Waals surface area contributed by atoms with Crippen molar-refractivity contribution in [2.24, 2.45) is 0 Å². The molecule has 0 aliphatic carbocycles. The van der Waals surface area contributed by atoms with Crippen molar-refractivity contribution >= 4 is 23.5 Å². The maximum atomic E-state index is 12.6. The van der Waals surface area contributed by atoms with Gasteiger partial charge in [0.05, 0.1) is 6.61 Å². The summed E-state index contributed by atoms with van der Waals surface area (Å²) in [5, 5.41) is 20.2. The molecule has 4 N–H and O–H groups in total. The van der Waals surface area contributed by atoms with E-state index in [0.717, 1.165) is 6.08 Å². The lowest BCUT2D eigenvalue weighted by Gasteiger charge is -2.24. The summed E-state index contributed by atoms with van der Waals surface area (Å²) in [6.45, 7) is 1.44. The van der Waals surface area contributed by atoms with Crippen LogP contribution in [0.2, 0.25) is 0 Å². The molecule has 0 fully saturated rings. The van der Waals surface area contributed by atoms with Gasteiger partial charge in [0.2, 0.25) is 0 Å². The molecule has 2 atom stereocenters. The molecule has 0 bridgehead atoms. The van der Waals surface area contributed by atoms with Gasteiger partial charge in [-0.05, 0) is 55.0 Å². The van der Waals surface area contributed by atoms with Crippen molar-refractivity contribution in [3.63, 3.8) is 0 Å². The molecular weight excluding hydrogens is 432 g/mol. The molecule has 176 valence electrons. The Morgan fingerprint density at radius 2 is 1.73 bits per heavy atom. The van der Waals surface area contributed by atoms with Gasteiger partial charge in [0.1, 0.15) is 18.5 Å². The molecule has 0 aliphatic heterocycles. The second-order valence-corrected chi connectivity index (χ2v) is 6.76. The van der Waals surface area contributed by atoms with Crippen molar-refractivity contribution in [1.29, 1.82) is 0 Å². The number of methoxy groups -OCH3 is 1. The summed E-state index contributed by atoms with van der Waals surface area (Å²) < 4.78 is 16.3. The Hall–Kier alpha value is -3.73. The first-order valence-corrected chi connectivity index (χ1v) is 9.95. The summed E-state index contributed by atoms with van der Waals surface area (Å²) >= 11 is 0. The smallest absolute Gasteiger partial charge is 0.412 e. The summed E-state index contributed by atoms with van der Waals surface area (Å²) in [5.74, 6) is -0.374. The number of hydrogen-bond donors (Lipinski definition) is 4. The molecule has 10 heteroatoms. The number of rotatable bonds is 11. The number of Topliss-reactive ketones (excluding diaryl/α,β-unsaturated/α-hetero) is 1. The molecule has 0 radical (unpaired) electrons. The second kappa shape index (κ2) is 13.0. The Labute approximate surface area is 190 Å². The van der Waals surface area contributed by atoms with Crippen molar-refractivity contribution in [3.05, 3.63) is 71.8 Å². The Morgan fingerprint density at radius 3 is 2.27 bits per heavy atom. The van der Waals surface area contributed by atoms with Crippen LogP contribution in [0, 0.1) is 0 Å². The zero-order valence-electron chi connectivity index (χ0n) is 18.2. The topological polar surface area (TPSA) is 143 Å². The largest absolute Gasteiger partial charge is 0.491 e. The van der Waals surface area contributed by atoms with Gasteiger partial charge >= 0.3 is 6.09 Å². The third-order valence-electron chi connectivity index (χ3n) is 4.46. The van der Waals surface area contributed by atoms with E-state index in [0.29, 0.717) is 22.6 Å². The van der Waals surface area contributed by atoms with Crippen molar-refractivity contribution in [1.82, 2.24) is 5.48 Å². The molecule has 2 amide bonds. The number of aliphatic hydroxyl groups excluding tert-OH is 1. The zero-order valence-corrected chi connectivity index (χ0v) is 18.2. The summed E-state index contributed by atoms with van der Waals surface area (Å²) in [6, 6.07) is 12.9. The van der Waals surface area contributed by atoms with Crippen LogP contribution in [-0.4, -0.2) is 54.5 Å². The van der Waals surface area contributed by atoms with E-state index < -0.39 is 24.2 Å². The summed E-state index contributed by atoms with van der Waals surface area (Å²) in [5.41, 5.74) is 2.93. The normalized spacial score (nSPS) is 12.6. The third kappa shape index (κ3) is 8.04. The molecule has 2 aromatic rings. The summed E-state index contributed by atoms with van der Waals surface area (Å²) in [6.07, 6.45) is -0.264. The van der Waals surface area contributed by atoms with Crippen molar-refractivity contribution in [2.75, 3.05) is 25.6 Å². The Bertz CT molecular complexity index is 957. The minimum absolute atomic E-state index is 0.0998. The predicted octanol–water partition coefficient (Wildman–Crippen LogP) is 2.63. The van der Waals surface area contributed by atoms with Crippen LogP contribution in [0.5, 0.6) is 5.75 Å². The zero-order chi connectivity index (χ0) is 24.2. The minimum atomic E-state index is -0.971. The number of amides is 2. The number of anilines is 1. The number of carbonyl (C=O) groups excluding carboxylic acids is 3. The van der Waals surface area contributed by atoms with Crippen LogP contribution in [0.15, 0.2) is 60.7 Å². The van der Waals surface area contributed by atoms with E-state index in [1.807, 2.05) is 0 Å². The highest BCUT2D eigenvalue weighted by Crippen LogP contribution is 2.27. The maximum absolute atomic E-state index is 12.6. The van der Waals surface area contributed by atoms with Gasteiger partial charge < -0.3 is 19.3 Å². The van der Waals surface area contributed by atoms with E-state index >= 15 is 0 Å². The number of nitrogens with one attached hydrogen (secondary N) is 2. The maximum Gasteiger partial charge on any atom is 0.412 e. The molecule has 0 aliphatic rings. The lowest BCUT2D eigenvalue weighted by Crippen LogP contribution is -2.27. The molecule has 2 aromatic carbocycles. The number of ketones is 1. The summed E-state index contributed by atoms with van der Waals surface area (Å²) in [7, 11) is 1.37. The molecule has 0 saturated carbocycles. The molecule has 0 spiro atoms. The van der Waals surface area contributed by atoms with Gasteiger partial charge in [-0.15, -0.1) is 0 Å². The van der Waals surface area contributed by atoms with Crippen LogP contribution in [0.3, 0.4) is 0 Å². The highest BCUT2D eigenvalue weighted by Gasteiger charge is 2.26. The van der Waals surface area contributed by atoms with E-state index in [4.69, 9.17) is 24.5 Å². The molecule has 0 aromatic heterocycles. The van der Waals surface area contributed by atoms with Gasteiger partial charge in [0.25, 0.3) is 5.91 Å². The quantitative estimate of drug-likeness (QED) is 0.174. The molecule has 0 saturated heterocycles. The molecule has 33 heavy (non-hydrogen) atoms. The number of carbonyl (C=O) groups is 3. The Balaban J connectivity index is 2.23. The molecule has 2 rings (SSSR count). The molecule has 0 heterocycles. The molecular formula is C23H26N2O8. The van der Waals surface area contributed by atoms with Crippen LogP contribution in [-0.2, 0) is 14.3 Å². The molecule has 0 unspecified atom stereocenters. The number of benzene rings is 2. The van der Waals surface area contributed by atoms with Gasteiger partial charge in [-0.25, -0.2) is 10.3 Å².